The van der Waals surface area contributed by atoms with Crippen LogP contribution in [0.25, 0.3) is 0 Å². The molecule has 5 heteroatoms. The summed E-state index contributed by atoms with van der Waals surface area (Å²) in [5.41, 5.74) is 2.40. The Morgan fingerprint density at radius 2 is 2.30 bits per heavy atom. The first kappa shape index (κ1) is 14.9. The lowest BCUT2D eigenvalue weighted by Crippen LogP contribution is -2.23. The van der Waals surface area contributed by atoms with Gasteiger partial charge in [-0.15, -0.1) is 0 Å². The smallest absolute Gasteiger partial charge is 0.255 e. The van der Waals surface area contributed by atoms with Gasteiger partial charge < -0.3 is 14.5 Å². The number of aromatic nitrogens is 1. The molecule has 1 aromatic carbocycles. The van der Waals surface area contributed by atoms with Gasteiger partial charge in [-0.05, 0) is 19.5 Å². The third-order valence-electron chi connectivity index (χ3n) is 2.99. The van der Waals surface area contributed by atoms with Crippen molar-refractivity contribution in [3.8, 4) is 5.75 Å². The van der Waals surface area contributed by atoms with E-state index in [2.05, 4.69) is 36.3 Å². The number of methoxy groups -OCH3 is 1. The van der Waals surface area contributed by atoms with Crippen molar-refractivity contribution in [1.82, 2.24) is 10.3 Å². The second-order valence-electron chi connectivity index (χ2n) is 4.46. The number of hydrogen-bond donors (Lipinski definition) is 1. The highest BCUT2D eigenvalue weighted by molar-refractivity contribution is 7.99. The standard InChI is InChI=1S/C15H20N2O2S/c1-4-16-13(10-20-15-17-7-8-19-15)12-9-11(2)5-6-14(12)18-3/h5-9,13,16H,4,10H2,1-3H3. The predicted molar refractivity (Wildman–Crippen MR) is 81.4 cm³/mol. The summed E-state index contributed by atoms with van der Waals surface area (Å²) in [6.45, 7) is 5.09. The Hall–Kier alpha value is -1.46. The molecule has 1 atom stereocenters. The van der Waals surface area contributed by atoms with E-state index in [1.165, 1.54) is 11.1 Å². The van der Waals surface area contributed by atoms with E-state index in [0.29, 0.717) is 5.22 Å². The number of rotatable bonds is 7. The molecule has 0 bridgehead atoms. The van der Waals surface area contributed by atoms with Gasteiger partial charge in [0.25, 0.3) is 5.22 Å². The van der Waals surface area contributed by atoms with Gasteiger partial charge in [-0.25, -0.2) is 4.98 Å². The molecule has 0 aliphatic rings. The number of benzene rings is 1. The summed E-state index contributed by atoms with van der Waals surface area (Å²) in [7, 11) is 1.71. The lowest BCUT2D eigenvalue weighted by Gasteiger charge is -2.20. The molecule has 1 heterocycles. The largest absolute Gasteiger partial charge is 0.496 e. The molecule has 1 unspecified atom stereocenters. The SMILES string of the molecule is CCNC(CSc1ncco1)c1cc(C)ccc1OC. The molecule has 108 valence electrons. The van der Waals surface area contributed by atoms with Crippen LogP contribution in [-0.4, -0.2) is 24.4 Å². The molecule has 0 spiro atoms. The molecule has 4 nitrogen and oxygen atoms in total. The maximum Gasteiger partial charge on any atom is 0.255 e. The van der Waals surface area contributed by atoms with Crippen LogP contribution in [0.1, 0.15) is 24.1 Å². The Labute approximate surface area is 123 Å². The van der Waals surface area contributed by atoms with Gasteiger partial charge in [0.05, 0.1) is 13.3 Å². The number of thioether (sulfide) groups is 1. The molecule has 0 amide bonds. The number of ether oxygens (including phenoxy) is 1. The lowest BCUT2D eigenvalue weighted by molar-refractivity contribution is 0.402. The summed E-state index contributed by atoms with van der Waals surface area (Å²) in [5, 5.41) is 4.19. The Bertz CT molecular complexity index is 529. The van der Waals surface area contributed by atoms with Crippen molar-refractivity contribution in [2.75, 3.05) is 19.4 Å². The molecule has 0 saturated heterocycles. The highest BCUT2D eigenvalue weighted by Gasteiger charge is 2.16. The van der Waals surface area contributed by atoms with Gasteiger partial charge in [0.1, 0.15) is 12.0 Å². The highest BCUT2D eigenvalue weighted by Crippen LogP contribution is 2.30. The number of nitrogens with zero attached hydrogens (tertiary/aromatic N) is 1. The van der Waals surface area contributed by atoms with Crippen LogP contribution in [0.5, 0.6) is 5.75 Å². The van der Waals surface area contributed by atoms with Crippen molar-refractivity contribution in [2.45, 2.75) is 25.1 Å². The highest BCUT2D eigenvalue weighted by atomic mass is 32.2. The van der Waals surface area contributed by atoms with Crippen LogP contribution in [0, 0.1) is 6.92 Å². The minimum atomic E-state index is 0.201. The van der Waals surface area contributed by atoms with Crippen molar-refractivity contribution in [3.05, 3.63) is 41.8 Å². The molecule has 0 saturated carbocycles. The summed E-state index contributed by atoms with van der Waals surface area (Å²) in [6, 6.07) is 6.45. The fraction of sp³-hybridized carbons (Fsp3) is 0.400. The third-order valence-corrected chi connectivity index (χ3v) is 3.94. The number of nitrogens with one attached hydrogen (secondary N) is 1. The van der Waals surface area contributed by atoms with E-state index in [9.17, 15) is 0 Å². The molecule has 0 aliphatic heterocycles. The monoisotopic (exact) mass is 292 g/mol. The molecule has 0 radical (unpaired) electrons. The van der Waals surface area contributed by atoms with Gasteiger partial charge in [-0.2, -0.15) is 0 Å². The van der Waals surface area contributed by atoms with Crippen molar-refractivity contribution in [2.24, 2.45) is 0 Å². The van der Waals surface area contributed by atoms with E-state index in [-0.39, 0.29) is 6.04 Å². The first-order valence-electron chi connectivity index (χ1n) is 6.64. The maximum atomic E-state index is 5.48. The Kier molecular flexibility index (Phi) is 5.49. The minimum absolute atomic E-state index is 0.201. The molecule has 20 heavy (non-hydrogen) atoms. The molecule has 2 aromatic rings. The fourth-order valence-electron chi connectivity index (χ4n) is 2.07. The van der Waals surface area contributed by atoms with E-state index in [0.717, 1.165) is 18.0 Å². The van der Waals surface area contributed by atoms with Gasteiger partial charge in [-0.3, -0.25) is 0 Å². The Balaban J connectivity index is 2.16. The normalized spacial score (nSPS) is 12.3. The van der Waals surface area contributed by atoms with Crippen LogP contribution in [0.2, 0.25) is 0 Å². The van der Waals surface area contributed by atoms with E-state index in [1.54, 1.807) is 31.3 Å². The summed E-state index contributed by atoms with van der Waals surface area (Å²) >= 11 is 1.60. The molecule has 2 rings (SSSR count). The number of oxazole rings is 1. The number of aryl methyl sites for hydroxylation is 1. The molecule has 1 aromatic heterocycles. The van der Waals surface area contributed by atoms with Crippen molar-refractivity contribution >= 4 is 11.8 Å². The van der Waals surface area contributed by atoms with E-state index >= 15 is 0 Å². The Morgan fingerprint density at radius 3 is 2.95 bits per heavy atom. The van der Waals surface area contributed by atoms with Crippen LogP contribution in [-0.2, 0) is 0 Å². The first-order valence-corrected chi connectivity index (χ1v) is 7.63. The van der Waals surface area contributed by atoms with E-state index in [4.69, 9.17) is 9.15 Å². The topological polar surface area (TPSA) is 47.3 Å². The van der Waals surface area contributed by atoms with E-state index < -0.39 is 0 Å². The lowest BCUT2D eigenvalue weighted by atomic mass is 10.0. The van der Waals surface area contributed by atoms with Crippen molar-refractivity contribution in [1.29, 1.82) is 0 Å². The van der Waals surface area contributed by atoms with Gasteiger partial charge in [0.15, 0.2) is 0 Å². The predicted octanol–water partition coefficient (Wildman–Crippen LogP) is 3.43. The van der Waals surface area contributed by atoms with Crippen LogP contribution >= 0.6 is 11.8 Å². The Morgan fingerprint density at radius 1 is 1.45 bits per heavy atom. The fourth-order valence-corrected chi connectivity index (χ4v) is 2.93. The zero-order valence-corrected chi connectivity index (χ0v) is 12.9. The summed E-state index contributed by atoms with van der Waals surface area (Å²) in [5.74, 6) is 1.75. The molecule has 0 aliphatic carbocycles. The summed E-state index contributed by atoms with van der Waals surface area (Å²) in [6.07, 6.45) is 3.26. The third kappa shape index (κ3) is 3.77. The van der Waals surface area contributed by atoms with Gasteiger partial charge in [0, 0.05) is 17.4 Å². The minimum Gasteiger partial charge on any atom is -0.496 e. The second kappa shape index (κ2) is 7.36. The molecular weight excluding hydrogens is 272 g/mol. The van der Waals surface area contributed by atoms with Crippen LogP contribution in [0.3, 0.4) is 0 Å². The average Bonchev–Trinajstić information content (AvgIpc) is 2.96. The quantitative estimate of drug-likeness (QED) is 0.792. The zero-order chi connectivity index (χ0) is 14.4. The molecule has 1 N–H and O–H groups in total. The maximum absolute atomic E-state index is 5.48. The second-order valence-corrected chi connectivity index (χ2v) is 5.44. The number of hydrogen-bond acceptors (Lipinski definition) is 5. The first-order chi connectivity index (χ1) is 9.74. The van der Waals surface area contributed by atoms with Crippen LogP contribution in [0.4, 0.5) is 0 Å². The molecule has 0 fully saturated rings. The van der Waals surface area contributed by atoms with Crippen molar-refractivity contribution in [3.63, 3.8) is 0 Å². The van der Waals surface area contributed by atoms with Crippen LogP contribution < -0.4 is 10.1 Å². The summed E-state index contributed by atoms with van der Waals surface area (Å²) < 4.78 is 10.7. The average molecular weight is 292 g/mol. The van der Waals surface area contributed by atoms with Gasteiger partial charge >= 0.3 is 0 Å². The molecular formula is C15H20N2O2S. The van der Waals surface area contributed by atoms with Crippen LogP contribution in [0.15, 0.2) is 40.3 Å². The van der Waals surface area contributed by atoms with Gasteiger partial charge in [0.2, 0.25) is 0 Å². The zero-order valence-electron chi connectivity index (χ0n) is 12.1. The van der Waals surface area contributed by atoms with Crippen molar-refractivity contribution < 1.29 is 9.15 Å². The summed E-state index contributed by atoms with van der Waals surface area (Å²) in [4.78, 5) is 4.14. The van der Waals surface area contributed by atoms with Gasteiger partial charge in [-0.1, -0.05) is 36.4 Å². The van der Waals surface area contributed by atoms with E-state index in [1.807, 2.05) is 6.07 Å².